The SMILES string of the molecule is CCCCc1cc(C#C[Si](C)(C)C)c(C#C[Si](C)(C)C)cc1CCCC. The van der Waals surface area contributed by atoms with Crippen LogP contribution in [0.15, 0.2) is 12.1 Å². The molecule has 0 aliphatic rings. The van der Waals surface area contributed by atoms with Gasteiger partial charge in [-0.2, -0.15) is 0 Å². The largest absolute Gasteiger partial charge is 0.129 e. The topological polar surface area (TPSA) is 0 Å². The normalized spacial score (nSPS) is 11.4. The summed E-state index contributed by atoms with van der Waals surface area (Å²) in [5.74, 6) is 7.03. The van der Waals surface area contributed by atoms with E-state index in [1.165, 1.54) is 49.7 Å². The number of hydrogen-bond donors (Lipinski definition) is 0. The third-order valence-electron chi connectivity index (χ3n) is 4.08. The average molecular weight is 383 g/mol. The van der Waals surface area contributed by atoms with E-state index in [-0.39, 0.29) is 0 Å². The van der Waals surface area contributed by atoms with Crippen LogP contribution < -0.4 is 0 Å². The zero-order valence-electron chi connectivity index (χ0n) is 18.4. The van der Waals surface area contributed by atoms with Crippen LogP contribution in [0.4, 0.5) is 0 Å². The van der Waals surface area contributed by atoms with Crippen molar-refractivity contribution in [3.05, 3.63) is 34.4 Å². The summed E-state index contributed by atoms with van der Waals surface area (Å²) in [5, 5.41) is 0. The predicted molar refractivity (Wildman–Crippen MR) is 124 cm³/mol. The van der Waals surface area contributed by atoms with E-state index in [1.807, 2.05) is 0 Å². The molecule has 0 unspecified atom stereocenters. The Kier molecular flexibility index (Phi) is 8.95. The summed E-state index contributed by atoms with van der Waals surface area (Å²) < 4.78 is 0. The van der Waals surface area contributed by atoms with Crippen molar-refractivity contribution in [3.63, 3.8) is 0 Å². The van der Waals surface area contributed by atoms with Crippen LogP contribution in [-0.2, 0) is 12.8 Å². The number of benzene rings is 1. The zero-order chi connectivity index (χ0) is 19.8. The number of unbranched alkanes of at least 4 members (excludes halogenated alkanes) is 2. The summed E-state index contributed by atoms with van der Waals surface area (Å²) in [6.45, 7) is 18.4. The maximum absolute atomic E-state index is 3.55. The Morgan fingerprint density at radius 1 is 0.654 bits per heavy atom. The summed E-state index contributed by atoms with van der Waals surface area (Å²) in [5.41, 5.74) is 12.4. The molecule has 0 saturated carbocycles. The quantitative estimate of drug-likeness (QED) is 0.373. The second-order valence-corrected chi connectivity index (χ2v) is 18.9. The Labute approximate surface area is 165 Å². The van der Waals surface area contributed by atoms with Gasteiger partial charge in [0.2, 0.25) is 0 Å². The van der Waals surface area contributed by atoms with Gasteiger partial charge in [0, 0.05) is 11.1 Å². The number of rotatable bonds is 6. The van der Waals surface area contributed by atoms with Gasteiger partial charge in [-0.3, -0.25) is 0 Å². The summed E-state index contributed by atoms with van der Waals surface area (Å²) in [4.78, 5) is 0. The van der Waals surface area contributed by atoms with Gasteiger partial charge in [-0.05, 0) is 48.9 Å². The summed E-state index contributed by atoms with van der Waals surface area (Å²) in [7, 11) is -2.80. The average Bonchev–Trinajstić information content (AvgIpc) is 2.53. The van der Waals surface area contributed by atoms with E-state index in [0.29, 0.717) is 0 Å². The van der Waals surface area contributed by atoms with Gasteiger partial charge >= 0.3 is 0 Å². The number of aryl methyl sites for hydroxylation is 2. The Balaban J connectivity index is 3.48. The van der Waals surface area contributed by atoms with Crippen LogP contribution >= 0.6 is 0 Å². The first-order chi connectivity index (χ1) is 12.1. The molecule has 26 heavy (non-hydrogen) atoms. The molecule has 0 aliphatic heterocycles. The molecule has 0 amide bonds. The van der Waals surface area contributed by atoms with Crippen LogP contribution in [0.3, 0.4) is 0 Å². The molecule has 0 fully saturated rings. The Bertz CT molecular complexity index is 644. The first-order valence-electron chi connectivity index (χ1n) is 10.3. The van der Waals surface area contributed by atoms with E-state index in [0.717, 1.165) is 11.1 Å². The van der Waals surface area contributed by atoms with Gasteiger partial charge < -0.3 is 0 Å². The van der Waals surface area contributed by atoms with E-state index < -0.39 is 16.1 Å². The molecule has 142 valence electrons. The van der Waals surface area contributed by atoms with Gasteiger partial charge in [0.15, 0.2) is 0 Å². The Morgan fingerprint density at radius 2 is 1.00 bits per heavy atom. The molecule has 0 atom stereocenters. The van der Waals surface area contributed by atoms with E-state index in [9.17, 15) is 0 Å². The Hall–Kier alpha value is -1.23. The standard InChI is InChI=1S/C24H38Si2/c1-9-11-13-21-19-23(15-17-25(3,4)5)24(16-18-26(6,7)8)20-22(21)14-12-10-2/h19-20H,9-14H2,1-8H3. The maximum atomic E-state index is 3.55. The minimum atomic E-state index is -1.40. The molecule has 0 N–H and O–H groups in total. The van der Waals surface area contributed by atoms with Crippen molar-refractivity contribution in [2.75, 3.05) is 0 Å². The van der Waals surface area contributed by atoms with Crippen LogP contribution in [0.1, 0.15) is 61.8 Å². The molecule has 0 aliphatic carbocycles. The van der Waals surface area contributed by atoms with E-state index in [1.54, 1.807) is 0 Å². The molecule has 1 aromatic rings. The fourth-order valence-corrected chi connectivity index (χ4v) is 3.63. The lowest BCUT2D eigenvalue weighted by Gasteiger charge is -2.13. The van der Waals surface area contributed by atoms with Gasteiger partial charge in [0.05, 0.1) is 0 Å². The monoisotopic (exact) mass is 382 g/mol. The van der Waals surface area contributed by atoms with E-state index >= 15 is 0 Å². The van der Waals surface area contributed by atoms with Crippen LogP contribution in [0.25, 0.3) is 0 Å². The van der Waals surface area contributed by atoms with Gasteiger partial charge in [0.25, 0.3) is 0 Å². The molecule has 0 spiro atoms. The van der Waals surface area contributed by atoms with E-state index in [4.69, 9.17) is 0 Å². The molecular formula is C24H38Si2. The van der Waals surface area contributed by atoms with Crippen LogP contribution in [0, 0.1) is 22.9 Å². The molecule has 0 aromatic heterocycles. The highest BCUT2D eigenvalue weighted by molar-refractivity contribution is 6.84. The third kappa shape index (κ3) is 8.93. The van der Waals surface area contributed by atoms with Crippen molar-refractivity contribution in [1.82, 2.24) is 0 Å². The molecule has 1 aromatic carbocycles. The van der Waals surface area contributed by atoms with Crippen LogP contribution in [0.2, 0.25) is 39.3 Å². The summed E-state index contributed by atoms with van der Waals surface area (Å²) >= 11 is 0. The highest BCUT2D eigenvalue weighted by atomic mass is 28.3. The van der Waals surface area contributed by atoms with Crippen molar-refractivity contribution < 1.29 is 0 Å². The molecule has 0 saturated heterocycles. The third-order valence-corrected chi connectivity index (χ3v) is 5.83. The van der Waals surface area contributed by atoms with Crippen molar-refractivity contribution in [2.24, 2.45) is 0 Å². The van der Waals surface area contributed by atoms with Gasteiger partial charge in [-0.1, -0.05) is 77.8 Å². The summed E-state index contributed by atoms with van der Waals surface area (Å²) in [6, 6.07) is 4.73. The second kappa shape index (κ2) is 10.2. The molecule has 0 nitrogen and oxygen atoms in total. The molecule has 0 radical (unpaired) electrons. The molecule has 0 bridgehead atoms. The van der Waals surface area contributed by atoms with Crippen molar-refractivity contribution in [1.29, 1.82) is 0 Å². The molecule has 1 rings (SSSR count). The summed E-state index contributed by atoms with van der Waals surface area (Å²) in [6.07, 6.45) is 7.30. The minimum absolute atomic E-state index is 1.16. The zero-order valence-corrected chi connectivity index (χ0v) is 20.4. The lowest BCUT2D eigenvalue weighted by atomic mass is 9.93. The van der Waals surface area contributed by atoms with Crippen LogP contribution in [-0.4, -0.2) is 16.1 Å². The van der Waals surface area contributed by atoms with Crippen molar-refractivity contribution in [3.8, 4) is 22.9 Å². The van der Waals surface area contributed by atoms with Gasteiger partial charge in [-0.25, -0.2) is 0 Å². The first kappa shape index (κ1) is 22.8. The smallest absolute Gasteiger partial charge is 0.127 e. The molecule has 0 heterocycles. The predicted octanol–water partition coefficient (Wildman–Crippen LogP) is 6.83. The fraction of sp³-hybridized carbons (Fsp3) is 0.583. The number of hydrogen-bond acceptors (Lipinski definition) is 0. The maximum Gasteiger partial charge on any atom is 0.129 e. The minimum Gasteiger partial charge on any atom is -0.127 e. The van der Waals surface area contributed by atoms with Crippen molar-refractivity contribution >= 4 is 16.1 Å². The highest BCUT2D eigenvalue weighted by Crippen LogP contribution is 2.21. The van der Waals surface area contributed by atoms with Gasteiger partial charge in [-0.15, -0.1) is 11.1 Å². The van der Waals surface area contributed by atoms with Crippen molar-refractivity contribution in [2.45, 2.75) is 91.7 Å². The Morgan fingerprint density at radius 3 is 1.27 bits per heavy atom. The highest BCUT2D eigenvalue weighted by Gasteiger charge is 2.12. The molecular weight excluding hydrogens is 344 g/mol. The first-order valence-corrected chi connectivity index (χ1v) is 17.3. The molecule has 2 heteroatoms. The van der Waals surface area contributed by atoms with Crippen LogP contribution in [0.5, 0.6) is 0 Å². The fourth-order valence-electron chi connectivity index (χ4n) is 2.61. The van der Waals surface area contributed by atoms with E-state index in [2.05, 4.69) is 88.2 Å². The lowest BCUT2D eigenvalue weighted by Crippen LogP contribution is -2.17. The lowest BCUT2D eigenvalue weighted by molar-refractivity contribution is 0.757. The van der Waals surface area contributed by atoms with Gasteiger partial charge in [0.1, 0.15) is 16.1 Å². The second-order valence-electron chi connectivity index (χ2n) is 9.37.